The minimum atomic E-state index is -0.458. The third-order valence-corrected chi connectivity index (χ3v) is 8.67. The molecule has 3 aliphatic rings. The van der Waals surface area contributed by atoms with Gasteiger partial charge in [0.05, 0.1) is 24.5 Å². The summed E-state index contributed by atoms with van der Waals surface area (Å²) in [6.45, 7) is 14.8. The average Bonchev–Trinajstić information content (AvgIpc) is 3.64. The zero-order valence-electron chi connectivity index (χ0n) is 24.4. The van der Waals surface area contributed by atoms with E-state index in [0.717, 1.165) is 41.1 Å². The number of rotatable bonds is 3. The van der Waals surface area contributed by atoms with E-state index in [2.05, 4.69) is 46.7 Å². The zero-order chi connectivity index (χ0) is 29.0. The number of halogens is 1. The van der Waals surface area contributed by atoms with Crippen LogP contribution in [0.25, 0.3) is 27.7 Å². The highest BCUT2D eigenvalue weighted by atomic mass is 32.2. The average molecular weight is 563 g/mol. The summed E-state index contributed by atoms with van der Waals surface area (Å²) in [5.74, 6) is 1.15. The highest BCUT2D eigenvalue weighted by molar-refractivity contribution is 7.99. The van der Waals surface area contributed by atoms with Gasteiger partial charge in [0.15, 0.2) is 5.82 Å². The molecule has 0 saturated carbocycles. The van der Waals surface area contributed by atoms with Crippen LogP contribution < -0.4 is 10.6 Å². The van der Waals surface area contributed by atoms with Crippen LogP contribution in [-0.4, -0.2) is 33.8 Å². The molecule has 1 aromatic carbocycles. The van der Waals surface area contributed by atoms with Gasteiger partial charge in [-0.3, -0.25) is 4.98 Å². The standard InChI is InChI=1S/C25H23FN6OS.C4H10.C2H6/c1-12-3-4-32(8-12)25-30-7-15-16-9-33-10-17(16)19(21(26)22(15)31-25)23-20-14(5-27)18(28)11-34-24(20)13(2)6-29-23;1-3-4-2;1-2/h6-7,12H,3-4,8-11,28H2,1-2H3;3-4H2,1-2H3;1-2H3. The fourth-order valence-corrected chi connectivity index (χ4v) is 6.19. The lowest BCUT2D eigenvalue weighted by Gasteiger charge is -2.23. The lowest BCUT2D eigenvalue weighted by atomic mass is 9.91. The molecule has 40 heavy (non-hydrogen) atoms. The molecule has 6 rings (SSSR count). The molecule has 2 aromatic heterocycles. The van der Waals surface area contributed by atoms with Crippen molar-refractivity contribution in [2.24, 2.45) is 11.7 Å². The molecule has 5 heterocycles. The largest absolute Gasteiger partial charge is 0.400 e. The van der Waals surface area contributed by atoms with Crippen molar-refractivity contribution in [3.63, 3.8) is 0 Å². The maximum Gasteiger partial charge on any atom is 0.225 e. The van der Waals surface area contributed by atoms with Gasteiger partial charge in [-0.2, -0.15) is 5.26 Å². The molecule has 9 heteroatoms. The van der Waals surface area contributed by atoms with Crippen molar-refractivity contribution in [1.82, 2.24) is 15.0 Å². The Labute approximate surface area is 241 Å². The first-order valence-electron chi connectivity index (χ1n) is 14.2. The van der Waals surface area contributed by atoms with E-state index in [0.29, 0.717) is 57.7 Å². The van der Waals surface area contributed by atoms with E-state index in [9.17, 15) is 5.26 Å². The number of aromatic nitrogens is 3. The van der Waals surface area contributed by atoms with Crippen molar-refractivity contribution in [1.29, 1.82) is 5.26 Å². The molecular weight excluding hydrogens is 523 g/mol. The summed E-state index contributed by atoms with van der Waals surface area (Å²) in [5, 5.41) is 10.6. The number of ether oxygens (including phenoxy) is 1. The Balaban J connectivity index is 0.000000568. The minimum absolute atomic E-state index is 0.263. The monoisotopic (exact) mass is 562 g/mol. The van der Waals surface area contributed by atoms with Crippen molar-refractivity contribution in [2.75, 3.05) is 23.7 Å². The van der Waals surface area contributed by atoms with Gasteiger partial charge < -0.3 is 15.4 Å². The zero-order valence-corrected chi connectivity index (χ0v) is 25.2. The Kier molecular flexibility index (Phi) is 9.64. The molecule has 0 radical (unpaired) electrons. The summed E-state index contributed by atoms with van der Waals surface area (Å²) < 4.78 is 22.2. The Bertz CT molecular complexity index is 1480. The molecule has 0 amide bonds. The van der Waals surface area contributed by atoms with Gasteiger partial charge in [-0.05, 0) is 36.0 Å². The maximum absolute atomic E-state index is 16.4. The van der Waals surface area contributed by atoms with E-state index < -0.39 is 5.82 Å². The summed E-state index contributed by atoms with van der Waals surface area (Å²) in [5.41, 5.74) is 11.2. The molecule has 3 aromatic rings. The van der Waals surface area contributed by atoms with Crippen LogP contribution in [0.2, 0.25) is 0 Å². The lowest BCUT2D eigenvalue weighted by Crippen LogP contribution is -2.21. The second-order valence-corrected chi connectivity index (χ2v) is 11.2. The maximum atomic E-state index is 16.4. The van der Waals surface area contributed by atoms with Crippen molar-refractivity contribution >= 4 is 34.2 Å². The number of benzene rings is 1. The Morgan fingerprint density at radius 1 is 1.15 bits per heavy atom. The molecule has 0 aliphatic carbocycles. The SMILES string of the molecule is CC.CCCC.Cc1cnc(-c2c3c(c4cnc(N5CCC(C)C5)nc4c2F)COC3)c2c1SCC(N)=C2C#N. The number of thioether (sulfide) groups is 1. The van der Waals surface area contributed by atoms with Crippen molar-refractivity contribution in [3.8, 4) is 17.3 Å². The third kappa shape index (κ3) is 5.39. The van der Waals surface area contributed by atoms with Gasteiger partial charge in [-0.1, -0.05) is 47.5 Å². The summed E-state index contributed by atoms with van der Waals surface area (Å²) in [7, 11) is 0. The number of nitrogens with two attached hydrogens (primary N) is 1. The first kappa shape index (κ1) is 29.8. The summed E-state index contributed by atoms with van der Waals surface area (Å²) >= 11 is 1.55. The molecule has 1 saturated heterocycles. The molecule has 7 nitrogen and oxygen atoms in total. The number of fused-ring (bicyclic) bond motifs is 4. The molecule has 0 bridgehead atoms. The molecular formula is C31H39FN6OS. The smallest absolute Gasteiger partial charge is 0.225 e. The van der Waals surface area contributed by atoms with Crippen LogP contribution in [0, 0.1) is 30.0 Å². The normalized spacial score (nSPS) is 17.4. The molecule has 1 atom stereocenters. The molecule has 0 spiro atoms. The van der Waals surface area contributed by atoms with Gasteiger partial charge in [0.1, 0.15) is 11.6 Å². The summed E-state index contributed by atoms with van der Waals surface area (Å²) in [6.07, 6.45) is 7.16. The van der Waals surface area contributed by atoms with Gasteiger partial charge in [-0.25, -0.2) is 14.4 Å². The first-order valence-corrected chi connectivity index (χ1v) is 15.2. The number of hydrogen-bond acceptors (Lipinski definition) is 8. The van der Waals surface area contributed by atoms with Crippen LogP contribution in [0.5, 0.6) is 0 Å². The molecule has 2 N–H and O–H groups in total. The number of nitriles is 1. The van der Waals surface area contributed by atoms with E-state index in [4.69, 9.17) is 10.5 Å². The molecule has 1 unspecified atom stereocenters. The van der Waals surface area contributed by atoms with Crippen LogP contribution in [0.1, 0.15) is 76.1 Å². The van der Waals surface area contributed by atoms with Gasteiger partial charge in [0, 0.05) is 58.3 Å². The van der Waals surface area contributed by atoms with E-state index in [1.165, 1.54) is 12.8 Å². The lowest BCUT2D eigenvalue weighted by molar-refractivity contribution is 0.135. The van der Waals surface area contributed by atoms with Gasteiger partial charge in [-0.15, -0.1) is 11.8 Å². The number of aryl methyl sites for hydroxylation is 1. The predicted molar refractivity (Wildman–Crippen MR) is 161 cm³/mol. The number of allylic oxidation sites excluding steroid dienone is 1. The number of anilines is 1. The number of unbranched alkanes of at least 4 members (excludes halogenated alkanes) is 1. The molecule has 3 aliphatic heterocycles. The van der Waals surface area contributed by atoms with Crippen molar-refractivity contribution < 1.29 is 9.13 Å². The fourth-order valence-electron chi connectivity index (χ4n) is 5.13. The highest BCUT2D eigenvalue weighted by Gasteiger charge is 2.32. The number of hydrogen-bond donors (Lipinski definition) is 1. The Morgan fingerprint density at radius 2 is 1.88 bits per heavy atom. The van der Waals surface area contributed by atoms with Crippen LogP contribution in [0.3, 0.4) is 0 Å². The number of nitrogens with zero attached hydrogens (tertiary/aromatic N) is 5. The van der Waals surface area contributed by atoms with Crippen molar-refractivity contribution in [2.45, 2.75) is 78.9 Å². The fraction of sp³-hybridized carbons (Fsp3) is 0.484. The van der Waals surface area contributed by atoms with E-state index in [1.807, 2.05) is 20.8 Å². The van der Waals surface area contributed by atoms with Crippen LogP contribution in [0.4, 0.5) is 10.3 Å². The number of pyridine rings is 1. The van der Waals surface area contributed by atoms with Gasteiger partial charge >= 0.3 is 0 Å². The first-order chi connectivity index (χ1) is 19.4. The minimum Gasteiger partial charge on any atom is -0.400 e. The highest BCUT2D eigenvalue weighted by Crippen LogP contribution is 2.46. The van der Waals surface area contributed by atoms with E-state index in [-0.39, 0.29) is 12.1 Å². The van der Waals surface area contributed by atoms with E-state index in [1.54, 1.807) is 24.2 Å². The summed E-state index contributed by atoms with van der Waals surface area (Å²) in [6, 6.07) is 2.24. The van der Waals surface area contributed by atoms with Crippen molar-refractivity contribution in [3.05, 3.63) is 46.2 Å². The topological polar surface area (TPSA) is 101 Å². The Morgan fingerprint density at radius 3 is 2.52 bits per heavy atom. The summed E-state index contributed by atoms with van der Waals surface area (Å²) in [4.78, 5) is 16.9. The Hall–Kier alpha value is -3.22. The quantitative estimate of drug-likeness (QED) is 0.359. The van der Waals surface area contributed by atoms with Gasteiger partial charge in [0.25, 0.3) is 0 Å². The van der Waals surface area contributed by atoms with Crippen LogP contribution in [-0.2, 0) is 18.0 Å². The van der Waals surface area contributed by atoms with Crippen LogP contribution in [0.15, 0.2) is 23.0 Å². The van der Waals surface area contributed by atoms with Crippen LogP contribution >= 0.6 is 11.8 Å². The third-order valence-electron chi connectivity index (χ3n) is 7.40. The predicted octanol–water partition coefficient (Wildman–Crippen LogP) is 7.15. The molecule has 1 fully saturated rings. The van der Waals surface area contributed by atoms with Gasteiger partial charge in [0.2, 0.25) is 5.95 Å². The molecule has 212 valence electrons. The van der Waals surface area contributed by atoms with E-state index >= 15 is 4.39 Å². The second-order valence-electron chi connectivity index (χ2n) is 10.2. The second kappa shape index (κ2) is 13.0.